The van der Waals surface area contributed by atoms with Crippen LogP contribution in [0.1, 0.15) is 47.5 Å². The second kappa shape index (κ2) is 8.56. The lowest BCUT2D eigenvalue weighted by atomic mass is 9.95. The van der Waals surface area contributed by atoms with E-state index in [-0.39, 0.29) is 11.8 Å². The Labute approximate surface area is 168 Å². The van der Waals surface area contributed by atoms with Crippen molar-refractivity contribution in [1.82, 2.24) is 0 Å². The van der Waals surface area contributed by atoms with Gasteiger partial charge >= 0.3 is 5.97 Å². The van der Waals surface area contributed by atoms with E-state index in [1.54, 1.807) is 14.0 Å². The Morgan fingerprint density at radius 2 is 1.82 bits per heavy atom. The smallest absolute Gasteiger partial charge is 0.342 e. The molecule has 0 spiro atoms. The van der Waals surface area contributed by atoms with Crippen molar-refractivity contribution in [2.24, 2.45) is 0 Å². The average Bonchev–Trinajstić information content (AvgIpc) is 3.04. The molecule has 6 nitrogen and oxygen atoms in total. The van der Waals surface area contributed by atoms with E-state index in [0.29, 0.717) is 10.6 Å². The zero-order chi connectivity index (χ0) is 20.3. The highest BCUT2D eigenvalue weighted by molar-refractivity contribution is 7.17. The van der Waals surface area contributed by atoms with Crippen LogP contribution in [0, 0.1) is 0 Å². The van der Waals surface area contributed by atoms with E-state index in [1.807, 2.05) is 30.3 Å². The summed E-state index contributed by atoms with van der Waals surface area (Å²) < 4.78 is 5.51. The zero-order valence-electron chi connectivity index (χ0n) is 16.3. The molecule has 1 aromatic heterocycles. The number of para-hydroxylation sites is 1. The number of nitrogens with one attached hydrogen (secondary N) is 1. The van der Waals surface area contributed by atoms with Crippen molar-refractivity contribution in [3.05, 3.63) is 46.3 Å². The normalized spacial score (nSPS) is 14.0. The Bertz CT molecular complexity index is 891. The Balaban J connectivity index is 1.79. The van der Waals surface area contributed by atoms with E-state index in [2.05, 4.69) is 5.32 Å². The Morgan fingerprint density at radius 1 is 1.14 bits per heavy atom. The van der Waals surface area contributed by atoms with Gasteiger partial charge in [0.05, 0.1) is 5.56 Å². The maximum Gasteiger partial charge on any atom is 0.342 e. The lowest BCUT2D eigenvalue weighted by Crippen LogP contribution is -2.37. The largest absolute Gasteiger partial charge is 0.449 e. The Hall–Kier alpha value is -2.67. The van der Waals surface area contributed by atoms with Crippen LogP contribution in [0.15, 0.2) is 30.3 Å². The molecule has 1 aliphatic carbocycles. The molecule has 1 heterocycles. The van der Waals surface area contributed by atoms with Gasteiger partial charge in [-0.1, -0.05) is 18.2 Å². The Morgan fingerprint density at radius 3 is 2.50 bits per heavy atom. The van der Waals surface area contributed by atoms with Crippen molar-refractivity contribution in [1.29, 1.82) is 0 Å². The minimum absolute atomic E-state index is 0.236. The van der Waals surface area contributed by atoms with Gasteiger partial charge in [0, 0.05) is 24.5 Å². The highest BCUT2D eigenvalue weighted by atomic mass is 32.1. The molecule has 0 aliphatic heterocycles. The fraction of sp³-hybridized carbons (Fsp3) is 0.381. The predicted molar refractivity (Wildman–Crippen MR) is 110 cm³/mol. The fourth-order valence-corrected chi connectivity index (χ4v) is 4.67. The SMILES string of the molecule is CC(=O)Nc1sc2c(c1C(=O)O[C@H](C)C(=O)N(C)c1ccccc1)CCCC2. The molecule has 1 N–H and O–H groups in total. The fourth-order valence-electron chi connectivity index (χ4n) is 3.35. The van der Waals surface area contributed by atoms with Crippen molar-refractivity contribution < 1.29 is 19.1 Å². The first-order chi connectivity index (χ1) is 13.4. The van der Waals surface area contributed by atoms with Gasteiger partial charge in [-0.2, -0.15) is 0 Å². The van der Waals surface area contributed by atoms with Crippen LogP contribution in [0.2, 0.25) is 0 Å². The molecule has 148 valence electrons. The number of nitrogens with zero attached hydrogens (tertiary/aromatic N) is 1. The summed E-state index contributed by atoms with van der Waals surface area (Å²) in [6, 6.07) is 9.18. The van der Waals surface area contributed by atoms with Crippen LogP contribution in [0.3, 0.4) is 0 Å². The molecule has 0 bridgehead atoms. The van der Waals surface area contributed by atoms with Gasteiger partial charge in [-0.25, -0.2) is 4.79 Å². The van der Waals surface area contributed by atoms with Crippen molar-refractivity contribution in [3.63, 3.8) is 0 Å². The van der Waals surface area contributed by atoms with E-state index in [9.17, 15) is 14.4 Å². The van der Waals surface area contributed by atoms with Crippen LogP contribution in [-0.2, 0) is 27.2 Å². The quantitative estimate of drug-likeness (QED) is 0.775. The van der Waals surface area contributed by atoms with Crippen LogP contribution >= 0.6 is 11.3 Å². The summed E-state index contributed by atoms with van der Waals surface area (Å²) in [6.07, 6.45) is 2.79. The number of likely N-dealkylation sites (N-methyl/N-ethyl adjacent to an activating group) is 1. The van der Waals surface area contributed by atoms with Crippen LogP contribution in [0.5, 0.6) is 0 Å². The maximum absolute atomic E-state index is 12.9. The lowest BCUT2D eigenvalue weighted by Gasteiger charge is -2.22. The molecule has 3 rings (SSSR count). The molecule has 0 saturated carbocycles. The summed E-state index contributed by atoms with van der Waals surface area (Å²) in [5.41, 5.74) is 2.07. The van der Waals surface area contributed by atoms with Gasteiger partial charge in [-0.05, 0) is 50.3 Å². The van der Waals surface area contributed by atoms with Gasteiger partial charge in [-0.3, -0.25) is 9.59 Å². The third kappa shape index (κ3) is 4.25. The second-order valence-corrected chi connectivity index (χ2v) is 7.98. The first-order valence-electron chi connectivity index (χ1n) is 9.34. The number of amides is 2. The van der Waals surface area contributed by atoms with E-state index in [0.717, 1.165) is 41.8 Å². The molecule has 1 aliphatic rings. The van der Waals surface area contributed by atoms with Crippen molar-refractivity contribution in [3.8, 4) is 0 Å². The number of ether oxygens (including phenoxy) is 1. The van der Waals surface area contributed by atoms with Gasteiger partial charge in [0.25, 0.3) is 5.91 Å². The molecule has 0 unspecified atom stereocenters. The minimum Gasteiger partial charge on any atom is -0.449 e. The van der Waals surface area contributed by atoms with Crippen LogP contribution in [-0.4, -0.2) is 30.9 Å². The number of carbonyl (C=O) groups excluding carboxylic acids is 3. The first-order valence-corrected chi connectivity index (χ1v) is 10.2. The minimum atomic E-state index is -0.943. The van der Waals surface area contributed by atoms with E-state index in [1.165, 1.54) is 23.2 Å². The second-order valence-electron chi connectivity index (χ2n) is 6.88. The molecular weight excluding hydrogens is 376 g/mol. The molecule has 0 radical (unpaired) electrons. The number of thiophene rings is 1. The zero-order valence-corrected chi connectivity index (χ0v) is 17.1. The molecule has 0 saturated heterocycles. The Kier molecular flexibility index (Phi) is 6.14. The monoisotopic (exact) mass is 400 g/mol. The predicted octanol–water partition coefficient (Wildman–Crippen LogP) is 3.79. The number of fused-ring (bicyclic) bond motifs is 1. The molecule has 1 aromatic carbocycles. The van der Waals surface area contributed by atoms with Gasteiger partial charge < -0.3 is 15.0 Å². The number of carbonyl (C=O) groups is 3. The number of esters is 1. The summed E-state index contributed by atoms with van der Waals surface area (Å²) in [6.45, 7) is 2.98. The van der Waals surface area contributed by atoms with Crippen molar-refractivity contribution >= 4 is 39.8 Å². The maximum atomic E-state index is 12.9. The molecule has 28 heavy (non-hydrogen) atoms. The molecule has 2 aromatic rings. The van der Waals surface area contributed by atoms with E-state index >= 15 is 0 Å². The molecule has 0 fully saturated rings. The topological polar surface area (TPSA) is 75.7 Å². The summed E-state index contributed by atoms with van der Waals surface area (Å²) in [5.74, 6) is -1.12. The standard InChI is InChI=1S/C21H24N2O4S/c1-13(20(25)23(3)15-9-5-4-6-10-15)27-21(26)18-16-11-7-8-12-17(16)28-19(18)22-14(2)24/h4-6,9-10,13H,7-8,11-12H2,1-3H3,(H,22,24)/t13-/m1/s1. The average molecular weight is 401 g/mol. The van der Waals surface area contributed by atoms with Crippen molar-refractivity contribution in [2.45, 2.75) is 45.6 Å². The van der Waals surface area contributed by atoms with Gasteiger partial charge in [0.1, 0.15) is 5.00 Å². The number of rotatable bonds is 5. The first kappa shape index (κ1) is 20.1. The molecule has 2 amide bonds. The van der Waals surface area contributed by atoms with Gasteiger partial charge in [-0.15, -0.1) is 11.3 Å². The number of benzene rings is 1. The van der Waals surface area contributed by atoms with Gasteiger partial charge in [0.15, 0.2) is 6.10 Å². The highest BCUT2D eigenvalue weighted by Crippen LogP contribution is 2.38. The van der Waals surface area contributed by atoms with Crippen LogP contribution in [0.25, 0.3) is 0 Å². The summed E-state index contributed by atoms with van der Waals surface area (Å²) in [7, 11) is 1.65. The number of aryl methyl sites for hydroxylation is 1. The third-order valence-electron chi connectivity index (χ3n) is 4.77. The van der Waals surface area contributed by atoms with E-state index in [4.69, 9.17) is 4.74 Å². The molecule has 1 atom stereocenters. The highest BCUT2D eigenvalue weighted by Gasteiger charge is 2.30. The summed E-state index contributed by atoms with van der Waals surface area (Å²) in [4.78, 5) is 39.7. The lowest BCUT2D eigenvalue weighted by molar-refractivity contribution is -0.126. The number of anilines is 2. The molecular formula is C21H24N2O4S. The molecule has 7 heteroatoms. The number of hydrogen-bond acceptors (Lipinski definition) is 5. The van der Waals surface area contributed by atoms with Crippen LogP contribution < -0.4 is 10.2 Å². The summed E-state index contributed by atoms with van der Waals surface area (Å²) in [5, 5.41) is 3.26. The van der Waals surface area contributed by atoms with Crippen molar-refractivity contribution in [2.75, 3.05) is 17.3 Å². The number of hydrogen-bond donors (Lipinski definition) is 1. The van der Waals surface area contributed by atoms with Gasteiger partial charge in [0.2, 0.25) is 5.91 Å². The summed E-state index contributed by atoms with van der Waals surface area (Å²) >= 11 is 1.43. The van der Waals surface area contributed by atoms with E-state index < -0.39 is 12.1 Å². The van der Waals surface area contributed by atoms with Crippen LogP contribution in [0.4, 0.5) is 10.7 Å². The third-order valence-corrected chi connectivity index (χ3v) is 5.98.